The number of halogens is 2. The quantitative estimate of drug-likeness (QED) is 0.348. The van der Waals surface area contributed by atoms with E-state index in [9.17, 15) is 13.2 Å². The summed E-state index contributed by atoms with van der Waals surface area (Å²) in [5.74, 6) is -0.371. The third-order valence-corrected chi connectivity index (χ3v) is 9.20. The number of sulfone groups is 1. The highest BCUT2D eigenvalue weighted by Crippen LogP contribution is 2.35. The van der Waals surface area contributed by atoms with E-state index in [1.54, 1.807) is 24.3 Å². The molecule has 41 heavy (non-hydrogen) atoms. The van der Waals surface area contributed by atoms with Crippen molar-refractivity contribution in [3.05, 3.63) is 116 Å². The Hall–Kier alpha value is -2.72. The van der Waals surface area contributed by atoms with E-state index in [1.807, 2.05) is 48.5 Å². The molecule has 3 aromatic carbocycles. The Labute approximate surface area is 251 Å². The highest BCUT2D eigenvalue weighted by Gasteiger charge is 2.31. The fraction of sp³-hybridized carbons (Fsp3) is 0.323. The third-order valence-electron chi connectivity index (χ3n) is 7.27. The van der Waals surface area contributed by atoms with Crippen molar-refractivity contribution >= 4 is 38.9 Å². The number of rotatable bonds is 10. The Balaban J connectivity index is 1.20. The first-order valence-electron chi connectivity index (χ1n) is 13.6. The minimum absolute atomic E-state index is 0.0529. The molecule has 216 valence electrons. The largest absolute Gasteiger partial charge is 0.379 e. The molecule has 2 saturated heterocycles. The van der Waals surface area contributed by atoms with Crippen LogP contribution >= 0.6 is 23.2 Å². The zero-order valence-electron chi connectivity index (χ0n) is 22.6. The van der Waals surface area contributed by atoms with Gasteiger partial charge in [-0.25, -0.2) is 8.42 Å². The van der Waals surface area contributed by atoms with Crippen LogP contribution in [0, 0.1) is 0 Å². The molecule has 0 spiro atoms. The van der Waals surface area contributed by atoms with Crippen LogP contribution in [-0.4, -0.2) is 76.6 Å². The van der Waals surface area contributed by atoms with Crippen molar-refractivity contribution in [3.8, 4) is 0 Å². The van der Waals surface area contributed by atoms with Crippen LogP contribution in [0.3, 0.4) is 0 Å². The number of hydrogen-bond acceptors (Lipinski definition) is 6. The van der Waals surface area contributed by atoms with E-state index in [4.69, 9.17) is 27.9 Å². The molecule has 0 bridgehead atoms. The summed E-state index contributed by atoms with van der Waals surface area (Å²) in [6.45, 7) is 5.48. The van der Waals surface area contributed by atoms with Gasteiger partial charge in [0.15, 0.2) is 9.84 Å². The van der Waals surface area contributed by atoms with Crippen LogP contribution in [0.4, 0.5) is 0 Å². The third kappa shape index (κ3) is 8.19. The predicted molar refractivity (Wildman–Crippen MR) is 163 cm³/mol. The summed E-state index contributed by atoms with van der Waals surface area (Å²) in [6, 6.07) is 22.2. The Kier molecular flexibility index (Phi) is 9.80. The lowest BCUT2D eigenvalue weighted by Gasteiger charge is -2.41. The van der Waals surface area contributed by atoms with Gasteiger partial charge in [0, 0.05) is 60.3 Å². The molecular formula is C31H33Cl2N3O4S. The van der Waals surface area contributed by atoms with Crippen molar-refractivity contribution in [2.24, 2.45) is 0 Å². The number of amides is 1. The van der Waals surface area contributed by atoms with Gasteiger partial charge >= 0.3 is 0 Å². The monoisotopic (exact) mass is 613 g/mol. The molecule has 0 aromatic heterocycles. The molecule has 0 atom stereocenters. The van der Waals surface area contributed by atoms with Crippen molar-refractivity contribution in [1.82, 2.24) is 15.1 Å². The number of carbonyl (C=O) groups excluding carboxylic acids is 1. The Morgan fingerprint density at radius 3 is 2.15 bits per heavy atom. The number of morpholine rings is 1. The van der Waals surface area contributed by atoms with E-state index >= 15 is 0 Å². The maximum atomic E-state index is 13.1. The van der Waals surface area contributed by atoms with Crippen LogP contribution in [0.15, 0.2) is 83.8 Å². The molecule has 5 rings (SSSR count). The summed E-state index contributed by atoms with van der Waals surface area (Å²) in [4.78, 5) is 17.1. The Morgan fingerprint density at radius 1 is 0.927 bits per heavy atom. The molecule has 2 aliphatic rings. The van der Waals surface area contributed by atoms with E-state index in [0.717, 1.165) is 36.3 Å². The van der Waals surface area contributed by atoms with Crippen molar-refractivity contribution in [2.45, 2.75) is 11.8 Å². The normalized spacial score (nSPS) is 16.4. The first kappa shape index (κ1) is 29.8. The summed E-state index contributed by atoms with van der Waals surface area (Å²) in [7, 11) is -3.53. The van der Waals surface area contributed by atoms with E-state index in [-0.39, 0.29) is 17.7 Å². The first-order valence-corrected chi connectivity index (χ1v) is 16.1. The molecule has 7 nitrogen and oxygen atoms in total. The van der Waals surface area contributed by atoms with Gasteiger partial charge in [-0.3, -0.25) is 14.6 Å². The summed E-state index contributed by atoms with van der Waals surface area (Å²) in [6.07, 6.45) is 0. The molecule has 0 aliphatic carbocycles. The van der Waals surface area contributed by atoms with Crippen LogP contribution in [-0.2, 0) is 20.3 Å². The van der Waals surface area contributed by atoms with Gasteiger partial charge in [-0.15, -0.1) is 0 Å². The van der Waals surface area contributed by atoms with Crippen LogP contribution in [0.5, 0.6) is 0 Å². The van der Waals surface area contributed by atoms with Crippen LogP contribution in [0.25, 0.3) is 0 Å². The Morgan fingerprint density at radius 2 is 1.54 bits per heavy atom. The molecule has 0 saturated carbocycles. The molecule has 0 radical (unpaired) electrons. The highest BCUT2D eigenvalue weighted by atomic mass is 35.5. The zero-order chi connectivity index (χ0) is 28.8. The molecule has 3 aromatic rings. The van der Waals surface area contributed by atoms with Crippen molar-refractivity contribution in [3.63, 3.8) is 0 Å². The van der Waals surface area contributed by atoms with E-state index < -0.39 is 9.84 Å². The van der Waals surface area contributed by atoms with Gasteiger partial charge in [0.05, 0.1) is 25.0 Å². The lowest BCUT2D eigenvalue weighted by molar-refractivity contribution is 0.0383. The molecule has 1 amide bonds. The lowest BCUT2D eigenvalue weighted by Crippen LogP contribution is -2.43. The van der Waals surface area contributed by atoms with Gasteiger partial charge in [0.2, 0.25) is 0 Å². The van der Waals surface area contributed by atoms with Crippen molar-refractivity contribution in [1.29, 1.82) is 0 Å². The summed E-state index contributed by atoms with van der Waals surface area (Å²) < 4.78 is 31.5. The van der Waals surface area contributed by atoms with Crippen molar-refractivity contribution < 1.29 is 17.9 Å². The number of likely N-dealkylation sites (tertiary alicyclic amines) is 1. The topological polar surface area (TPSA) is 79.0 Å². The number of benzene rings is 3. The number of nitrogens with zero attached hydrogens (tertiary/aromatic N) is 2. The molecule has 10 heteroatoms. The second-order valence-corrected chi connectivity index (χ2v) is 13.1. The number of carbonyl (C=O) groups is 1. The van der Waals surface area contributed by atoms with Gasteiger partial charge < -0.3 is 10.1 Å². The second kappa shape index (κ2) is 13.5. The first-order chi connectivity index (χ1) is 19.8. The number of hydrogen-bond donors (Lipinski definition) is 1. The van der Waals surface area contributed by atoms with E-state index in [1.165, 1.54) is 5.41 Å². The lowest BCUT2D eigenvalue weighted by atomic mass is 9.93. The molecular weight excluding hydrogens is 581 g/mol. The molecule has 2 heterocycles. The fourth-order valence-corrected chi connectivity index (χ4v) is 6.86. The fourth-order valence-electron chi connectivity index (χ4n) is 5.22. The zero-order valence-corrected chi connectivity index (χ0v) is 25.0. The maximum Gasteiger partial charge on any atom is 0.251 e. The Bertz CT molecular complexity index is 1440. The summed E-state index contributed by atoms with van der Waals surface area (Å²) in [5.41, 5.74) is 4.02. The molecule has 2 fully saturated rings. The standard InChI is InChI=1S/C31H33Cl2N3O4S/c32-28-8-4-25(5-9-28)30(26-6-10-29(33)11-7-26)36-19-24(20-36)22-41(38,39)21-23-2-1-3-27(18-23)31(37)34-12-13-35-14-16-40-17-15-35/h1-11,18,22,30H,12-17,19-21H2,(H,34,37). The van der Waals surface area contributed by atoms with Gasteiger partial charge in [-0.1, -0.05) is 59.6 Å². The SMILES string of the molecule is O=C(NCCN1CCOCC1)c1cccc(CS(=O)(=O)C=C2CN(C(c3ccc(Cl)cc3)c3ccc(Cl)cc3)C2)c1. The highest BCUT2D eigenvalue weighted by molar-refractivity contribution is 7.93. The van der Waals surface area contributed by atoms with Gasteiger partial charge in [0.25, 0.3) is 5.91 Å². The van der Waals surface area contributed by atoms with Gasteiger partial charge in [-0.05, 0) is 58.7 Å². The van der Waals surface area contributed by atoms with Gasteiger partial charge in [-0.2, -0.15) is 0 Å². The average molecular weight is 615 g/mol. The minimum atomic E-state index is -3.53. The summed E-state index contributed by atoms with van der Waals surface area (Å²) >= 11 is 12.2. The van der Waals surface area contributed by atoms with Gasteiger partial charge in [0.1, 0.15) is 0 Å². The maximum absolute atomic E-state index is 13.1. The van der Waals surface area contributed by atoms with Crippen LogP contribution in [0.1, 0.15) is 33.1 Å². The number of nitrogens with one attached hydrogen (secondary N) is 1. The van der Waals surface area contributed by atoms with E-state index in [2.05, 4.69) is 15.1 Å². The molecule has 2 aliphatic heterocycles. The second-order valence-electron chi connectivity index (χ2n) is 10.4. The van der Waals surface area contributed by atoms with Crippen LogP contribution < -0.4 is 5.32 Å². The minimum Gasteiger partial charge on any atom is -0.379 e. The molecule has 1 N–H and O–H groups in total. The smallest absolute Gasteiger partial charge is 0.251 e. The van der Waals surface area contributed by atoms with Crippen LogP contribution in [0.2, 0.25) is 10.0 Å². The van der Waals surface area contributed by atoms with E-state index in [0.29, 0.717) is 54.0 Å². The van der Waals surface area contributed by atoms with Crippen molar-refractivity contribution in [2.75, 3.05) is 52.5 Å². The number of ether oxygens (including phenoxy) is 1. The predicted octanol–water partition coefficient (Wildman–Crippen LogP) is 4.96. The summed E-state index contributed by atoms with van der Waals surface area (Å²) in [5, 5.41) is 5.64. The average Bonchev–Trinajstić information content (AvgIpc) is 2.94. The molecule has 0 unspecified atom stereocenters.